The highest BCUT2D eigenvalue weighted by atomic mass is 16.4. The molecule has 0 rings (SSSR count). The first-order valence-electron chi connectivity index (χ1n) is 5.21. The molecule has 4 N–H and O–H groups in total. The third kappa shape index (κ3) is 5.30. The van der Waals surface area contributed by atoms with Gasteiger partial charge in [-0.1, -0.05) is 6.92 Å². The number of rotatable bonds is 7. The van der Waals surface area contributed by atoms with Crippen LogP contribution in [0.3, 0.4) is 0 Å². The molecular weight excluding hydrogens is 228 g/mol. The molecule has 0 spiro atoms. The van der Waals surface area contributed by atoms with Crippen LogP contribution >= 0.6 is 0 Å². The summed E-state index contributed by atoms with van der Waals surface area (Å²) < 4.78 is 0. The van der Waals surface area contributed by atoms with E-state index in [9.17, 15) is 14.4 Å². The highest BCUT2D eigenvalue weighted by Crippen LogP contribution is 2.03. The summed E-state index contributed by atoms with van der Waals surface area (Å²) in [6.07, 6.45) is -0.650. The molecular formula is C10H18N2O5. The number of carbonyl (C=O) groups excluding carboxylic acids is 1. The van der Waals surface area contributed by atoms with Gasteiger partial charge in [-0.15, -0.1) is 0 Å². The molecule has 0 heterocycles. The van der Waals surface area contributed by atoms with Crippen LogP contribution in [0, 0.1) is 0 Å². The van der Waals surface area contributed by atoms with Gasteiger partial charge < -0.3 is 20.8 Å². The smallest absolute Gasteiger partial charge is 0.326 e. The lowest BCUT2D eigenvalue weighted by atomic mass is 10.0. The van der Waals surface area contributed by atoms with E-state index in [1.54, 1.807) is 20.8 Å². The number of likely N-dealkylation sites (N-methyl/N-ethyl adjacent to an activating group) is 1. The van der Waals surface area contributed by atoms with Crippen LogP contribution in [0.1, 0.15) is 27.2 Å². The fourth-order valence-corrected chi connectivity index (χ4v) is 1.24. The van der Waals surface area contributed by atoms with E-state index in [0.29, 0.717) is 6.54 Å². The third-order valence-corrected chi connectivity index (χ3v) is 2.17. The van der Waals surface area contributed by atoms with Crippen LogP contribution < -0.4 is 10.6 Å². The summed E-state index contributed by atoms with van der Waals surface area (Å²) in [6, 6.07) is -1.42. The Kier molecular flexibility index (Phi) is 5.60. The lowest BCUT2D eigenvalue weighted by Crippen LogP contribution is -2.56. The van der Waals surface area contributed by atoms with E-state index in [-0.39, 0.29) is 0 Å². The first kappa shape index (κ1) is 15.4. The molecule has 1 amide bonds. The quantitative estimate of drug-likeness (QED) is 0.477. The summed E-state index contributed by atoms with van der Waals surface area (Å²) in [7, 11) is 0. The lowest BCUT2D eigenvalue weighted by Gasteiger charge is -2.26. The van der Waals surface area contributed by atoms with E-state index in [1.807, 2.05) is 0 Å². The van der Waals surface area contributed by atoms with Crippen molar-refractivity contribution in [3.63, 3.8) is 0 Å². The van der Waals surface area contributed by atoms with Crippen LogP contribution in [-0.2, 0) is 14.4 Å². The van der Waals surface area contributed by atoms with Gasteiger partial charge in [-0.05, 0) is 20.4 Å². The van der Waals surface area contributed by atoms with Crippen LogP contribution in [0.4, 0.5) is 0 Å². The van der Waals surface area contributed by atoms with Crippen molar-refractivity contribution < 1.29 is 24.6 Å². The number of aliphatic carboxylic acids is 2. The second-order valence-corrected chi connectivity index (χ2v) is 4.12. The molecule has 0 aromatic heterocycles. The average molecular weight is 246 g/mol. The first-order chi connectivity index (χ1) is 7.70. The number of nitrogens with one attached hydrogen (secondary N) is 2. The van der Waals surface area contributed by atoms with E-state index in [4.69, 9.17) is 10.2 Å². The lowest BCUT2D eigenvalue weighted by molar-refractivity contribution is -0.147. The summed E-state index contributed by atoms with van der Waals surface area (Å²) in [5.74, 6) is -3.19. The Morgan fingerprint density at radius 3 is 2.12 bits per heavy atom. The molecule has 1 atom stereocenters. The first-order valence-corrected chi connectivity index (χ1v) is 5.21. The van der Waals surface area contributed by atoms with Gasteiger partial charge in [-0.3, -0.25) is 9.59 Å². The maximum atomic E-state index is 11.7. The average Bonchev–Trinajstić information content (AvgIpc) is 2.15. The van der Waals surface area contributed by atoms with Crippen LogP contribution in [0.25, 0.3) is 0 Å². The molecule has 0 aliphatic heterocycles. The van der Waals surface area contributed by atoms with Crippen molar-refractivity contribution in [1.29, 1.82) is 0 Å². The van der Waals surface area contributed by atoms with E-state index in [0.717, 1.165) is 0 Å². The highest BCUT2D eigenvalue weighted by molar-refractivity contribution is 5.91. The van der Waals surface area contributed by atoms with E-state index in [1.165, 1.54) is 0 Å². The van der Waals surface area contributed by atoms with Crippen molar-refractivity contribution in [2.75, 3.05) is 6.54 Å². The van der Waals surface area contributed by atoms with Gasteiger partial charge in [0.05, 0.1) is 12.0 Å². The molecule has 0 bridgehead atoms. The molecule has 0 aliphatic carbocycles. The van der Waals surface area contributed by atoms with Gasteiger partial charge in [-0.25, -0.2) is 4.79 Å². The fourth-order valence-electron chi connectivity index (χ4n) is 1.24. The van der Waals surface area contributed by atoms with E-state index < -0.39 is 35.8 Å². The van der Waals surface area contributed by atoms with Gasteiger partial charge in [0.15, 0.2) is 0 Å². The Balaban J connectivity index is 4.60. The predicted octanol–water partition coefficient (Wildman–Crippen LogP) is -0.581. The van der Waals surface area contributed by atoms with Crippen LogP contribution in [0.15, 0.2) is 0 Å². The summed E-state index contributed by atoms with van der Waals surface area (Å²) in [6.45, 7) is 5.52. The molecule has 0 fully saturated rings. The summed E-state index contributed by atoms with van der Waals surface area (Å²) in [5, 5.41) is 22.3. The van der Waals surface area contributed by atoms with Crippen molar-refractivity contribution in [2.24, 2.45) is 0 Å². The molecule has 0 radical (unpaired) electrons. The van der Waals surface area contributed by atoms with E-state index in [2.05, 4.69) is 10.6 Å². The van der Waals surface area contributed by atoms with Crippen molar-refractivity contribution >= 4 is 17.8 Å². The van der Waals surface area contributed by atoms with E-state index >= 15 is 0 Å². The van der Waals surface area contributed by atoms with Gasteiger partial charge in [0.1, 0.15) is 6.04 Å². The van der Waals surface area contributed by atoms with Gasteiger partial charge in [0, 0.05) is 0 Å². The van der Waals surface area contributed by atoms with Crippen molar-refractivity contribution in [3.8, 4) is 0 Å². The molecule has 98 valence electrons. The van der Waals surface area contributed by atoms with Gasteiger partial charge in [0.2, 0.25) is 5.91 Å². The Morgan fingerprint density at radius 2 is 1.76 bits per heavy atom. The molecule has 1 unspecified atom stereocenters. The van der Waals surface area contributed by atoms with Gasteiger partial charge >= 0.3 is 11.9 Å². The van der Waals surface area contributed by atoms with Crippen LogP contribution in [-0.4, -0.2) is 46.2 Å². The molecule has 7 heteroatoms. The summed E-state index contributed by atoms with van der Waals surface area (Å²) in [4.78, 5) is 32.9. The fraction of sp³-hybridized carbons (Fsp3) is 0.700. The zero-order chi connectivity index (χ0) is 13.6. The summed E-state index contributed by atoms with van der Waals surface area (Å²) >= 11 is 0. The van der Waals surface area contributed by atoms with Crippen LogP contribution in [0.5, 0.6) is 0 Å². The van der Waals surface area contributed by atoms with Gasteiger partial charge in [0.25, 0.3) is 0 Å². The minimum absolute atomic E-state index is 0.539. The Labute approximate surface area is 99.2 Å². The number of amides is 1. The van der Waals surface area contributed by atoms with Gasteiger partial charge in [-0.2, -0.15) is 0 Å². The predicted molar refractivity (Wildman–Crippen MR) is 59.6 cm³/mol. The molecule has 0 saturated heterocycles. The van der Waals surface area contributed by atoms with Crippen molar-refractivity contribution in [1.82, 2.24) is 10.6 Å². The zero-order valence-corrected chi connectivity index (χ0v) is 10.1. The third-order valence-electron chi connectivity index (χ3n) is 2.17. The van der Waals surface area contributed by atoms with Crippen LogP contribution in [0.2, 0.25) is 0 Å². The number of carboxylic acid groups (broad SMARTS) is 2. The SMILES string of the molecule is CCNC(C)(C)C(=O)NC(CC(=O)O)C(=O)O. The second kappa shape index (κ2) is 6.19. The molecule has 0 aliphatic rings. The number of hydrogen-bond acceptors (Lipinski definition) is 4. The highest BCUT2D eigenvalue weighted by Gasteiger charge is 2.31. The number of hydrogen-bond donors (Lipinski definition) is 4. The summed E-state index contributed by atoms with van der Waals surface area (Å²) in [5.41, 5.74) is -0.943. The minimum Gasteiger partial charge on any atom is -0.481 e. The topological polar surface area (TPSA) is 116 Å². The zero-order valence-electron chi connectivity index (χ0n) is 10.1. The largest absolute Gasteiger partial charge is 0.481 e. The molecule has 0 aromatic rings. The molecule has 0 saturated carbocycles. The molecule has 7 nitrogen and oxygen atoms in total. The Bertz CT molecular complexity index is 314. The Hall–Kier alpha value is -1.63. The normalized spacial score (nSPS) is 12.9. The Morgan fingerprint density at radius 1 is 1.24 bits per heavy atom. The number of carboxylic acids is 2. The number of carbonyl (C=O) groups is 3. The maximum absolute atomic E-state index is 11.7. The van der Waals surface area contributed by atoms with Crippen molar-refractivity contribution in [2.45, 2.75) is 38.8 Å². The van der Waals surface area contributed by atoms with Crippen molar-refractivity contribution in [3.05, 3.63) is 0 Å². The molecule has 0 aromatic carbocycles. The maximum Gasteiger partial charge on any atom is 0.326 e. The second-order valence-electron chi connectivity index (χ2n) is 4.12. The standard InChI is InChI=1S/C10H18N2O5/c1-4-11-10(2,3)9(17)12-6(8(15)16)5-7(13)14/h6,11H,4-5H2,1-3H3,(H,12,17)(H,13,14)(H,15,16). The monoisotopic (exact) mass is 246 g/mol. The minimum atomic E-state index is -1.42. The molecule has 17 heavy (non-hydrogen) atoms.